The third-order valence-corrected chi connectivity index (χ3v) is 4.78. The molecule has 0 radical (unpaired) electrons. The van der Waals surface area contributed by atoms with Gasteiger partial charge in [-0.1, -0.05) is 65.0 Å². The summed E-state index contributed by atoms with van der Waals surface area (Å²) in [6, 6.07) is 9.92. The highest BCUT2D eigenvalue weighted by atomic mass is 16.2. The summed E-state index contributed by atoms with van der Waals surface area (Å²) in [4.78, 5) is 31.7. The Morgan fingerprint density at radius 2 is 1.69 bits per heavy atom. The normalized spacial score (nSPS) is 13.8. The van der Waals surface area contributed by atoms with Crippen molar-refractivity contribution in [2.75, 3.05) is 26.7 Å². The van der Waals surface area contributed by atoms with Crippen molar-refractivity contribution in [2.45, 2.75) is 54.1 Å². The number of rotatable bonds is 6. The molecule has 32 heavy (non-hydrogen) atoms. The highest BCUT2D eigenvalue weighted by molar-refractivity contribution is 5.96. The number of hydrogen-bond donors (Lipinski definition) is 2. The number of nitrogens with one attached hydrogen (secondary N) is 2. The Hall–Kier alpha value is -2.67. The summed E-state index contributed by atoms with van der Waals surface area (Å²) in [5, 5.41) is 5.54. The first-order valence-electron chi connectivity index (χ1n) is 11.6. The van der Waals surface area contributed by atoms with Crippen LogP contribution in [0.1, 0.15) is 57.2 Å². The van der Waals surface area contributed by atoms with E-state index in [1.165, 1.54) is 0 Å². The molecule has 0 fully saturated rings. The van der Waals surface area contributed by atoms with Gasteiger partial charge in [-0.15, -0.1) is 0 Å². The Bertz CT molecular complexity index is 871. The van der Waals surface area contributed by atoms with E-state index in [2.05, 4.69) is 45.9 Å². The largest absolute Gasteiger partial charge is 0.354 e. The van der Waals surface area contributed by atoms with Crippen molar-refractivity contribution in [1.82, 2.24) is 25.1 Å². The smallest absolute Gasteiger partial charge is 0.272 e. The lowest BCUT2D eigenvalue weighted by molar-refractivity contribution is -0.120. The molecule has 1 aliphatic rings. The van der Waals surface area contributed by atoms with Crippen LogP contribution in [0.4, 0.5) is 0 Å². The molecule has 2 aromatic rings. The van der Waals surface area contributed by atoms with E-state index < -0.39 is 0 Å². The lowest BCUT2D eigenvalue weighted by atomic mass is 10.2. The van der Waals surface area contributed by atoms with E-state index in [0.29, 0.717) is 24.7 Å². The predicted octanol–water partition coefficient (Wildman–Crippen LogP) is 3.55. The van der Waals surface area contributed by atoms with Gasteiger partial charge in [0.05, 0.1) is 12.2 Å². The number of amides is 2. The average Bonchev–Trinajstić information content (AvgIpc) is 2.97. The highest BCUT2D eigenvalue weighted by Gasteiger charge is 2.25. The predicted molar refractivity (Wildman–Crippen MR) is 129 cm³/mol. The minimum atomic E-state index is -0.305. The maximum atomic E-state index is 12.8. The van der Waals surface area contributed by atoms with Crippen LogP contribution < -0.4 is 10.6 Å². The van der Waals surface area contributed by atoms with E-state index in [9.17, 15) is 9.59 Å². The van der Waals surface area contributed by atoms with Crippen molar-refractivity contribution in [3.63, 3.8) is 0 Å². The van der Waals surface area contributed by atoms with E-state index in [4.69, 9.17) is 0 Å². The summed E-state index contributed by atoms with van der Waals surface area (Å²) < 4.78 is 2.15. The Morgan fingerprint density at radius 3 is 2.31 bits per heavy atom. The summed E-state index contributed by atoms with van der Waals surface area (Å²) in [5.74, 6) is 1.52. The average molecular weight is 442 g/mol. The second-order valence-corrected chi connectivity index (χ2v) is 9.45. The number of carbonyl (C=O) groups is 2. The molecule has 7 heteroatoms. The van der Waals surface area contributed by atoms with Gasteiger partial charge in [0.1, 0.15) is 5.82 Å². The summed E-state index contributed by atoms with van der Waals surface area (Å²) in [6.07, 6.45) is 0.998. The van der Waals surface area contributed by atoms with Crippen LogP contribution in [0.2, 0.25) is 0 Å². The maximum absolute atomic E-state index is 12.8. The number of carbonyl (C=O) groups excluding carboxylic acids is 2. The van der Waals surface area contributed by atoms with E-state index in [0.717, 1.165) is 42.5 Å². The van der Waals surface area contributed by atoms with Crippen LogP contribution in [0.15, 0.2) is 30.3 Å². The van der Waals surface area contributed by atoms with Crippen LogP contribution in [0, 0.1) is 11.8 Å². The number of aromatic nitrogens is 2. The van der Waals surface area contributed by atoms with Crippen molar-refractivity contribution in [2.24, 2.45) is 11.8 Å². The van der Waals surface area contributed by atoms with Crippen LogP contribution in [-0.4, -0.2) is 52.9 Å². The molecule has 3 rings (SSSR count). The van der Waals surface area contributed by atoms with Crippen molar-refractivity contribution in [3.8, 4) is 11.4 Å². The zero-order chi connectivity index (χ0) is 23.7. The van der Waals surface area contributed by atoms with Gasteiger partial charge in [0, 0.05) is 25.2 Å². The molecule has 7 nitrogen and oxygen atoms in total. The molecule has 176 valence electrons. The number of benzene rings is 1. The fraction of sp³-hybridized carbons (Fsp3) is 0.560. The minimum absolute atomic E-state index is 0.0473. The topological polar surface area (TPSA) is 79.3 Å². The number of fused-ring (bicyclic) bond motifs is 1. The minimum Gasteiger partial charge on any atom is -0.354 e. The van der Waals surface area contributed by atoms with Crippen molar-refractivity contribution in [1.29, 1.82) is 0 Å². The fourth-order valence-electron chi connectivity index (χ4n) is 3.34. The van der Waals surface area contributed by atoms with Gasteiger partial charge in [0.15, 0.2) is 5.69 Å². The summed E-state index contributed by atoms with van der Waals surface area (Å²) >= 11 is 0. The van der Waals surface area contributed by atoms with Gasteiger partial charge in [-0.25, -0.2) is 4.98 Å². The maximum Gasteiger partial charge on any atom is 0.272 e. The first-order valence-corrected chi connectivity index (χ1v) is 11.6. The van der Waals surface area contributed by atoms with E-state index in [-0.39, 0.29) is 18.4 Å². The van der Waals surface area contributed by atoms with Gasteiger partial charge in [-0.2, -0.15) is 0 Å². The lowest BCUT2D eigenvalue weighted by Crippen LogP contribution is -2.38. The highest BCUT2D eigenvalue weighted by Crippen LogP contribution is 2.25. The molecule has 2 heterocycles. The molecule has 0 saturated carbocycles. The van der Waals surface area contributed by atoms with Gasteiger partial charge >= 0.3 is 0 Å². The molecule has 2 amide bonds. The third kappa shape index (κ3) is 7.79. The second kappa shape index (κ2) is 12.4. The molecule has 0 bridgehead atoms. The third-order valence-electron chi connectivity index (χ3n) is 4.78. The molecule has 0 spiro atoms. The molecule has 2 N–H and O–H groups in total. The first kappa shape index (κ1) is 25.6. The molecule has 0 unspecified atom stereocenters. The molecule has 0 aliphatic carbocycles. The molecule has 0 atom stereocenters. The zero-order valence-electron chi connectivity index (χ0n) is 20.4. The van der Waals surface area contributed by atoms with Crippen LogP contribution in [0.3, 0.4) is 0 Å². The van der Waals surface area contributed by atoms with Crippen LogP contribution >= 0.6 is 0 Å². The van der Waals surface area contributed by atoms with Gasteiger partial charge in [0.2, 0.25) is 5.91 Å². The van der Waals surface area contributed by atoms with Gasteiger partial charge in [0.25, 0.3) is 5.91 Å². The SMILES string of the molecule is CC(C)C.CC(C)CNC(=O)CNC(=O)c1nc(-c2ccccc2)n2c1CN(C)CCC2. The molecule has 1 aromatic carbocycles. The molecule has 0 saturated heterocycles. The van der Waals surface area contributed by atoms with E-state index >= 15 is 0 Å². The summed E-state index contributed by atoms with van der Waals surface area (Å²) in [7, 11) is 2.05. The Labute approximate surface area is 192 Å². The number of imidazole rings is 1. The summed E-state index contributed by atoms with van der Waals surface area (Å²) in [5.41, 5.74) is 2.30. The Balaban J connectivity index is 0.000000837. The Morgan fingerprint density at radius 1 is 1.03 bits per heavy atom. The van der Waals surface area contributed by atoms with Gasteiger partial charge < -0.3 is 20.1 Å². The van der Waals surface area contributed by atoms with Crippen molar-refractivity contribution in [3.05, 3.63) is 41.7 Å². The van der Waals surface area contributed by atoms with Crippen molar-refractivity contribution >= 4 is 11.8 Å². The Kier molecular flexibility index (Phi) is 9.91. The van der Waals surface area contributed by atoms with Crippen LogP contribution in [0.5, 0.6) is 0 Å². The van der Waals surface area contributed by atoms with E-state index in [1.807, 2.05) is 51.2 Å². The molecule has 1 aromatic heterocycles. The monoisotopic (exact) mass is 441 g/mol. The molecular weight excluding hydrogens is 402 g/mol. The zero-order valence-corrected chi connectivity index (χ0v) is 20.4. The number of hydrogen-bond acceptors (Lipinski definition) is 4. The van der Waals surface area contributed by atoms with Gasteiger partial charge in [-0.3, -0.25) is 9.59 Å². The number of nitrogens with zero attached hydrogens (tertiary/aromatic N) is 3. The first-order chi connectivity index (χ1) is 15.2. The molecule has 1 aliphatic heterocycles. The quantitative estimate of drug-likeness (QED) is 0.719. The standard InChI is InChI=1S/C21H29N5O2.C4H10/c1-15(2)12-22-18(27)13-23-21(28)19-17-14-25(3)10-7-11-26(17)20(24-19)16-8-5-4-6-9-16;1-4(2)3/h4-6,8-9,15H,7,10-14H2,1-3H3,(H,22,27)(H,23,28);4H,1-3H3. The summed E-state index contributed by atoms with van der Waals surface area (Å²) in [6.45, 7) is 13.5. The lowest BCUT2D eigenvalue weighted by Gasteiger charge is -2.13. The van der Waals surface area contributed by atoms with Gasteiger partial charge in [-0.05, 0) is 31.8 Å². The fourth-order valence-corrected chi connectivity index (χ4v) is 3.34. The second-order valence-electron chi connectivity index (χ2n) is 9.45. The van der Waals surface area contributed by atoms with Crippen molar-refractivity contribution < 1.29 is 9.59 Å². The van der Waals surface area contributed by atoms with Crippen LogP contribution in [-0.2, 0) is 17.9 Å². The van der Waals surface area contributed by atoms with Crippen LogP contribution in [0.25, 0.3) is 11.4 Å². The molecular formula is C25H39N5O2. The van der Waals surface area contributed by atoms with E-state index in [1.54, 1.807) is 0 Å².